The third-order valence-electron chi connectivity index (χ3n) is 5.87. The van der Waals surface area contributed by atoms with Crippen LogP contribution in [0.2, 0.25) is 0 Å². The van der Waals surface area contributed by atoms with Crippen molar-refractivity contribution in [2.45, 2.75) is 30.2 Å². The summed E-state index contributed by atoms with van der Waals surface area (Å²) in [5, 5.41) is 0. The quantitative estimate of drug-likeness (QED) is 0.433. The number of sulfonamides is 1. The van der Waals surface area contributed by atoms with Gasteiger partial charge >= 0.3 is 0 Å². The van der Waals surface area contributed by atoms with Gasteiger partial charge in [-0.2, -0.15) is 0 Å². The molecule has 0 saturated carbocycles. The van der Waals surface area contributed by atoms with Crippen molar-refractivity contribution in [3.05, 3.63) is 83.4 Å². The van der Waals surface area contributed by atoms with Gasteiger partial charge in [0.2, 0.25) is 15.9 Å². The van der Waals surface area contributed by atoms with Crippen molar-refractivity contribution in [3.63, 3.8) is 0 Å². The largest absolute Gasteiger partial charge is 0.366 e. The van der Waals surface area contributed by atoms with Crippen LogP contribution in [-0.4, -0.2) is 24.3 Å². The number of H-pyrrole nitrogens is 1. The number of amides is 1. The van der Waals surface area contributed by atoms with E-state index in [-0.39, 0.29) is 10.9 Å². The van der Waals surface area contributed by atoms with Gasteiger partial charge in [0, 0.05) is 17.2 Å². The second-order valence-corrected chi connectivity index (χ2v) is 9.68. The maximum atomic E-state index is 13.0. The second-order valence-electron chi connectivity index (χ2n) is 7.97. The molecule has 1 amide bonds. The van der Waals surface area contributed by atoms with Gasteiger partial charge in [0.15, 0.2) is 0 Å². The van der Waals surface area contributed by atoms with Crippen LogP contribution in [0.3, 0.4) is 0 Å². The molecule has 0 radical (unpaired) electrons. The number of nitrogens with two attached hydrogens (primary N) is 1. The third kappa shape index (κ3) is 3.79. The molecule has 7 nitrogen and oxygen atoms in total. The van der Waals surface area contributed by atoms with E-state index in [1.54, 1.807) is 42.5 Å². The Morgan fingerprint density at radius 3 is 2.62 bits per heavy atom. The molecule has 1 unspecified atom stereocenters. The molecule has 3 aromatic carbocycles. The standard InChI is InChI=1S/C24H22N4O3S/c25-23(29)17-10-13-21-22(14-17)27-24(26-21)16-8-11-18(12-9-16)32(30,31)28-20-7-3-5-15-4-1-2-6-19(15)20/h1-2,4,6,8-14,20,28H,3,5,7H2,(H2,25,29)(H,26,27). The van der Waals surface area contributed by atoms with Gasteiger partial charge in [-0.3, -0.25) is 4.79 Å². The topological polar surface area (TPSA) is 118 Å². The summed E-state index contributed by atoms with van der Waals surface area (Å²) in [6.45, 7) is 0. The number of carbonyl (C=O) groups is 1. The molecule has 1 aromatic heterocycles. The molecule has 0 aliphatic heterocycles. The normalized spacial score (nSPS) is 16.1. The van der Waals surface area contributed by atoms with Crippen molar-refractivity contribution in [2.24, 2.45) is 5.73 Å². The summed E-state index contributed by atoms with van der Waals surface area (Å²) in [5.41, 5.74) is 10.1. The van der Waals surface area contributed by atoms with Crippen molar-refractivity contribution in [2.75, 3.05) is 0 Å². The molecule has 0 bridgehead atoms. The first-order valence-corrected chi connectivity index (χ1v) is 11.9. The number of aromatic nitrogens is 2. The highest BCUT2D eigenvalue weighted by atomic mass is 32.2. The summed E-state index contributed by atoms with van der Waals surface area (Å²) in [7, 11) is -3.67. The average molecular weight is 447 g/mol. The van der Waals surface area contributed by atoms with E-state index in [0.717, 1.165) is 35.9 Å². The summed E-state index contributed by atoms with van der Waals surface area (Å²) >= 11 is 0. The van der Waals surface area contributed by atoms with Crippen LogP contribution in [0.15, 0.2) is 71.6 Å². The van der Waals surface area contributed by atoms with Gasteiger partial charge in [-0.05, 0) is 72.9 Å². The molecule has 1 heterocycles. The van der Waals surface area contributed by atoms with E-state index in [1.807, 2.05) is 18.2 Å². The molecular weight excluding hydrogens is 424 g/mol. The predicted octanol–water partition coefficient (Wildman–Crippen LogP) is 3.68. The highest BCUT2D eigenvalue weighted by molar-refractivity contribution is 7.89. The molecule has 0 fully saturated rings. The second kappa shape index (κ2) is 7.89. The van der Waals surface area contributed by atoms with Crippen molar-refractivity contribution in [1.29, 1.82) is 0 Å². The van der Waals surface area contributed by atoms with E-state index >= 15 is 0 Å². The van der Waals surface area contributed by atoms with E-state index in [0.29, 0.717) is 16.9 Å². The van der Waals surface area contributed by atoms with Crippen LogP contribution in [0.4, 0.5) is 0 Å². The molecule has 0 spiro atoms. The zero-order valence-electron chi connectivity index (χ0n) is 17.2. The lowest BCUT2D eigenvalue weighted by Crippen LogP contribution is -2.31. The number of hydrogen-bond acceptors (Lipinski definition) is 4. The van der Waals surface area contributed by atoms with Gasteiger partial charge < -0.3 is 10.7 Å². The van der Waals surface area contributed by atoms with Crippen LogP contribution in [-0.2, 0) is 16.4 Å². The number of nitrogens with one attached hydrogen (secondary N) is 2. The first kappa shape index (κ1) is 20.4. The highest BCUT2D eigenvalue weighted by Gasteiger charge is 2.25. The molecule has 162 valence electrons. The van der Waals surface area contributed by atoms with Crippen LogP contribution in [0, 0.1) is 0 Å². The SMILES string of the molecule is NC(=O)c1ccc2[nH]c(-c3ccc(S(=O)(=O)NC4CCCc5ccccc54)cc3)nc2c1. The Bertz CT molecular complexity index is 1430. The maximum absolute atomic E-state index is 13.0. The zero-order chi connectivity index (χ0) is 22.3. The Balaban J connectivity index is 1.40. The molecule has 4 N–H and O–H groups in total. The molecule has 5 rings (SSSR count). The number of benzene rings is 3. The number of nitrogens with zero attached hydrogens (tertiary/aromatic N) is 1. The Morgan fingerprint density at radius 1 is 1.06 bits per heavy atom. The summed E-state index contributed by atoms with van der Waals surface area (Å²) in [4.78, 5) is 19.3. The van der Waals surface area contributed by atoms with E-state index in [1.165, 1.54) is 5.56 Å². The summed E-state index contributed by atoms with van der Waals surface area (Å²) in [6, 6.07) is 19.4. The van der Waals surface area contributed by atoms with Gasteiger partial charge in [-0.15, -0.1) is 0 Å². The van der Waals surface area contributed by atoms with Gasteiger partial charge in [-0.1, -0.05) is 24.3 Å². The summed E-state index contributed by atoms with van der Waals surface area (Å²) in [6.07, 6.45) is 2.70. The van der Waals surface area contributed by atoms with Crippen molar-refractivity contribution in [3.8, 4) is 11.4 Å². The minimum absolute atomic E-state index is 0.205. The average Bonchev–Trinajstić information content (AvgIpc) is 3.23. The Morgan fingerprint density at radius 2 is 1.84 bits per heavy atom. The molecule has 32 heavy (non-hydrogen) atoms. The summed E-state index contributed by atoms with van der Waals surface area (Å²) < 4.78 is 28.9. The van der Waals surface area contributed by atoms with Gasteiger partial charge in [0.25, 0.3) is 0 Å². The van der Waals surface area contributed by atoms with Crippen LogP contribution >= 0.6 is 0 Å². The zero-order valence-corrected chi connectivity index (χ0v) is 18.0. The summed E-state index contributed by atoms with van der Waals surface area (Å²) in [5.74, 6) is 0.0684. The first-order chi connectivity index (χ1) is 15.4. The smallest absolute Gasteiger partial charge is 0.248 e. The lowest BCUT2D eigenvalue weighted by molar-refractivity contribution is 0.100. The minimum atomic E-state index is -3.67. The monoisotopic (exact) mass is 446 g/mol. The van der Waals surface area contributed by atoms with Crippen molar-refractivity contribution >= 4 is 27.0 Å². The van der Waals surface area contributed by atoms with E-state index in [2.05, 4.69) is 20.8 Å². The number of rotatable bonds is 5. The van der Waals surface area contributed by atoms with Crippen molar-refractivity contribution < 1.29 is 13.2 Å². The number of imidazole rings is 1. The van der Waals surface area contributed by atoms with Crippen LogP contribution in [0.25, 0.3) is 22.4 Å². The molecule has 1 atom stereocenters. The fraction of sp³-hybridized carbons (Fsp3) is 0.167. The molecule has 4 aromatic rings. The molecule has 1 aliphatic rings. The highest BCUT2D eigenvalue weighted by Crippen LogP contribution is 2.31. The van der Waals surface area contributed by atoms with E-state index in [9.17, 15) is 13.2 Å². The molecule has 8 heteroatoms. The first-order valence-electron chi connectivity index (χ1n) is 10.4. The number of hydrogen-bond donors (Lipinski definition) is 3. The number of aryl methyl sites for hydroxylation is 1. The lowest BCUT2D eigenvalue weighted by atomic mass is 9.88. The lowest BCUT2D eigenvalue weighted by Gasteiger charge is -2.26. The third-order valence-corrected chi connectivity index (χ3v) is 7.36. The van der Waals surface area contributed by atoms with Crippen molar-refractivity contribution in [1.82, 2.24) is 14.7 Å². The van der Waals surface area contributed by atoms with Gasteiger partial charge in [0.1, 0.15) is 5.82 Å². The molecule has 0 saturated heterocycles. The number of primary amides is 1. The van der Waals surface area contributed by atoms with E-state index in [4.69, 9.17) is 5.73 Å². The number of fused-ring (bicyclic) bond motifs is 2. The van der Waals surface area contributed by atoms with Gasteiger partial charge in [-0.25, -0.2) is 18.1 Å². The number of aromatic amines is 1. The Kier molecular flexibility index (Phi) is 5.03. The number of carbonyl (C=O) groups excluding carboxylic acids is 1. The fourth-order valence-electron chi connectivity index (χ4n) is 4.22. The minimum Gasteiger partial charge on any atom is -0.366 e. The van der Waals surface area contributed by atoms with Crippen LogP contribution in [0.5, 0.6) is 0 Å². The molecular formula is C24H22N4O3S. The predicted molar refractivity (Wildman–Crippen MR) is 122 cm³/mol. The van der Waals surface area contributed by atoms with Crippen LogP contribution < -0.4 is 10.5 Å². The molecule has 1 aliphatic carbocycles. The Hall–Kier alpha value is -3.49. The maximum Gasteiger partial charge on any atom is 0.248 e. The fourth-order valence-corrected chi connectivity index (χ4v) is 5.47. The Labute approximate surface area is 185 Å². The van der Waals surface area contributed by atoms with Crippen LogP contribution in [0.1, 0.15) is 40.4 Å². The van der Waals surface area contributed by atoms with E-state index < -0.39 is 15.9 Å². The van der Waals surface area contributed by atoms with Gasteiger partial charge in [0.05, 0.1) is 15.9 Å².